The van der Waals surface area contributed by atoms with Gasteiger partial charge in [0.15, 0.2) is 0 Å². The number of nitrogens with zero attached hydrogens (tertiary/aromatic N) is 1. The van der Waals surface area contributed by atoms with E-state index in [0.29, 0.717) is 17.1 Å². The molecule has 1 aliphatic heterocycles. The smallest absolute Gasteiger partial charge is 0.303 e. The number of likely N-dealkylation sites (tertiary alicyclic amines) is 1. The van der Waals surface area contributed by atoms with Crippen LogP contribution in [0.5, 0.6) is 5.75 Å². The molecule has 1 N–H and O–H groups in total. The molecule has 0 bridgehead atoms. The molecule has 2 fully saturated rings. The molecule has 1 aliphatic carbocycles. The third-order valence-electron chi connectivity index (χ3n) is 7.75. The SMILES string of the molecule is CC[C@@H](c1ccc2c(C(F)F)c(O[C@H]3CC[C@@H](C)CC3)ccc2c1)N1CCC[C@H](CC(=O)O)C1. The number of ether oxygens (including phenoxy) is 1. The molecular formula is C28H37F2NO3. The van der Waals surface area contributed by atoms with Crippen LogP contribution >= 0.6 is 0 Å². The first-order chi connectivity index (χ1) is 16.4. The Balaban J connectivity index is 1.58. The molecule has 0 radical (unpaired) electrons. The zero-order valence-electron chi connectivity index (χ0n) is 20.3. The molecule has 0 amide bonds. The van der Waals surface area contributed by atoms with Gasteiger partial charge in [-0.3, -0.25) is 9.69 Å². The number of carbonyl (C=O) groups is 1. The lowest BCUT2D eigenvalue weighted by atomic mass is 9.89. The van der Waals surface area contributed by atoms with Gasteiger partial charge in [-0.25, -0.2) is 8.78 Å². The first-order valence-electron chi connectivity index (χ1n) is 12.8. The largest absolute Gasteiger partial charge is 0.490 e. The molecule has 6 heteroatoms. The molecule has 4 nitrogen and oxygen atoms in total. The van der Waals surface area contributed by atoms with Crippen molar-refractivity contribution >= 4 is 16.7 Å². The highest BCUT2D eigenvalue weighted by molar-refractivity contribution is 5.88. The molecule has 0 aromatic heterocycles. The highest BCUT2D eigenvalue weighted by atomic mass is 19.3. The van der Waals surface area contributed by atoms with Crippen molar-refractivity contribution in [1.29, 1.82) is 0 Å². The van der Waals surface area contributed by atoms with E-state index in [2.05, 4.69) is 18.7 Å². The van der Waals surface area contributed by atoms with Gasteiger partial charge in [-0.05, 0) is 91.8 Å². The molecule has 1 saturated heterocycles. The molecule has 1 heterocycles. The van der Waals surface area contributed by atoms with Gasteiger partial charge in [0.2, 0.25) is 0 Å². The second-order valence-electron chi connectivity index (χ2n) is 10.3. The maximum Gasteiger partial charge on any atom is 0.303 e. The Kier molecular flexibility index (Phi) is 8.07. The van der Waals surface area contributed by atoms with Crippen LogP contribution < -0.4 is 4.74 Å². The van der Waals surface area contributed by atoms with Crippen LogP contribution in [0, 0.1) is 11.8 Å². The Labute approximate surface area is 201 Å². The van der Waals surface area contributed by atoms with Gasteiger partial charge in [0.1, 0.15) is 5.75 Å². The second-order valence-corrected chi connectivity index (χ2v) is 10.3. The van der Waals surface area contributed by atoms with E-state index in [-0.39, 0.29) is 30.0 Å². The molecule has 0 spiro atoms. The lowest BCUT2D eigenvalue weighted by molar-refractivity contribution is -0.138. The maximum absolute atomic E-state index is 14.2. The summed E-state index contributed by atoms with van der Waals surface area (Å²) < 4.78 is 34.5. The predicted molar refractivity (Wildman–Crippen MR) is 131 cm³/mol. The Hall–Kier alpha value is -2.21. The van der Waals surface area contributed by atoms with Crippen LogP contribution in [0.1, 0.15) is 88.8 Å². The molecular weight excluding hydrogens is 436 g/mol. The van der Waals surface area contributed by atoms with Crippen molar-refractivity contribution in [3.8, 4) is 5.75 Å². The maximum atomic E-state index is 14.2. The van der Waals surface area contributed by atoms with E-state index in [1.807, 2.05) is 24.3 Å². The summed E-state index contributed by atoms with van der Waals surface area (Å²) in [6.07, 6.45) is 4.40. The molecule has 0 unspecified atom stereocenters. The number of rotatable bonds is 8. The molecule has 2 aliphatic rings. The predicted octanol–water partition coefficient (Wildman–Crippen LogP) is 7.37. The Morgan fingerprint density at radius 1 is 1.15 bits per heavy atom. The third-order valence-corrected chi connectivity index (χ3v) is 7.75. The average molecular weight is 474 g/mol. The summed E-state index contributed by atoms with van der Waals surface area (Å²) in [4.78, 5) is 13.6. The molecule has 34 heavy (non-hydrogen) atoms. The summed E-state index contributed by atoms with van der Waals surface area (Å²) in [6.45, 7) is 6.05. The van der Waals surface area contributed by atoms with Crippen LogP contribution in [0.2, 0.25) is 0 Å². The summed E-state index contributed by atoms with van der Waals surface area (Å²) in [5.74, 6) is 0.407. The van der Waals surface area contributed by atoms with E-state index in [1.54, 1.807) is 6.07 Å². The van der Waals surface area contributed by atoms with Gasteiger partial charge in [0.05, 0.1) is 11.7 Å². The van der Waals surface area contributed by atoms with E-state index >= 15 is 0 Å². The van der Waals surface area contributed by atoms with Crippen LogP contribution in [0.15, 0.2) is 30.3 Å². The molecule has 2 aromatic carbocycles. The fraction of sp³-hybridized carbons (Fsp3) is 0.607. The number of hydrogen-bond donors (Lipinski definition) is 1. The number of fused-ring (bicyclic) bond motifs is 1. The van der Waals surface area contributed by atoms with Crippen LogP contribution in [0.4, 0.5) is 8.78 Å². The van der Waals surface area contributed by atoms with E-state index < -0.39 is 12.4 Å². The minimum absolute atomic E-state index is 0.00443. The van der Waals surface area contributed by atoms with Crippen LogP contribution in [0.25, 0.3) is 10.8 Å². The summed E-state index contributed by atoms with van der Waals surface area (Å²) in [5.41, 5.74) is 1.09. The Bertz CT molecular complexity index is 987. The quantitative estimate of drug-likeness (QED) is 0.435. The van der Waals surface area contributed by atoms with Gasteiger partial charge < -0.3 is 9.84 Å². The van der Waals surface area contributed by atoms with E-state index in [1.165, 1.54) is 0 Å². The fourth-order valence-corrected chi connectivity index (χ4v) is 5.91. The monoisotopic (exact) mass is 473 g/mol. The van der Waals surface area contributed by atoms with Crippen molar-refractivity contribution in [3.63, 3.8) is 0 Å². The standard InChI is InChI=1S/C28H37F2NO3/c1-3-24(31-14-4-5-19(17-31)15-26(32)33)21-8-12-23-20(16-21)9-13-25(27(23)28(29)30)34-22-10-6-18(2)7-11-22/h8-9,12-13,16,18-19,22,24,28H,3-7,10-11,14-15,17H2,1-2H3,(H,32,33)/t18-,19-,22+,24+/m1/s1. The average Bonchev–Trinajstić information content (AvgIpc) is 2.80. The van der Waals surface area contributed by atoms with E-state index in [0.717, 1.165) is 69.0 Å². The molecule has 186 valence electrons. The van der Waals surface area contributed by atoms with Crippen LogP contribution in [0.3, 0.4) is 0 Å². The first kappa shape index (κ1) is 24.9. The van der Waals surface area contributed by atoms with Gasteiger partial charge in [0, 0.05) is 19.0 Å². The number of carboxylic acid groups (broad SMARTS) is 1. The van der Waals surface area contributed by atoms with Gasteiger partial charge in [0.25, 0.3) is 6.43 Å². The van der Waals surface area contributed by atoms with Crippen molar-refractivity contribution in [2.24, 2.45) is 11.8 Å². The summed E-state index contributed by atoms with van der Waals surface area (Å²) >= 11 is 0. The fourth-order valence-electron chi connectivity index (χ4n) is 5.91. The number of hydrogen-bond acceptors (Lipinski definition) is 3. The minimum atomic E-state index is -2.60. The van der Waals surface area contributed by atoms with Crippen molar-refractivity contribution in [1.82, 2.24) is 4.90 Å². The Morgan fingerprint density at radius 3 is 2.59 bits per heavy atom. The van der Waals surface area contributed by atoms with Crippen LogP contribution in [-0.4, -0.2) is 35.2 Å². The lowest BCUT2D eigenvalue weighted by Crippen LogP contribution is -2.38. The van der Waals surface area contributed by atoms with E-state index in [4.69, 9.17) is 4.74 Å². The number of alkyl halides is 2. The van der Waals surface area contributed by atoms with Gasteiger partial charge in [-0.2, -0.15) is 0 Å². The Morgan fingerprint density at radius 2 is 1.91 bits per heavy atom. The number of aliphatic carboxylic acids is 1. The number of piperidine rings is 1. The molecule has 2 aromatic rings. The molecule has 4 rings (SSSR count). The third kappa shape index (κ3) is 5.70. The highest BCUT2D eigenvalue weighted by Gasteiger charge is 2.28. The van der Waals surface area contributed by atoms with Crippen molar-refractivity contribution in [2.45, 2.75) is 83.8 Å². The first-order valence-corrected chi connectivity index (χ1v) is 12.8. The van der Waals surface area contributed by atoms with Crippen molar-refractivity contribution < 1.29 is 23.4 Å². The summed E-state index contributed by atoms with van der Waals surface area (Å²) in [6, 6.07) is 9.59. The van der Waals surface area contributed by atoms with Crippen LogP contribution in [-0.2, 0) is 4.79 Å². The van der Waals surface area contributed by atoms with Gasteiger partial charge in [-0.1, -0.05) is 32.0 Å². The zero-order chi connectivity index (χ0) is 24.2. The molecule has 2 atom stereocenters. The van der Waals surface area contributed by atoms with Gasteiger partial charge >= 0.3 is 5.97 Å². The van der Waals surface area contributed by atoms with E-state index in [9.17, 15) is 18.7 Å². The minimum Gasteiger partial charge on any atom is -0.490 e. The zero-order valence-corrected chi connectivity index (χ0v) is 20.3. The topological polar surface area (TPSA) is 49.8 Å². The van der Waals surface area contributed by atoms with Crippen molar-refractivity contribution in [2.75, 3.05) is 13.1 Å². The number of benzene rings is 2. The second kappa shape index (κ2) is 11.0. The molecule has 1 saturated carbocycles. The lowest BCUT2D eigenvalue weighted by Gasteiger charge is -2.38. The normalized spacial score (nSPS) is 24.9. The van der Waals surface area contributed by atoms with Gasteiger partial charge in [-0.15, -0.1) is 0 Å². The summed E-state index contributed by atoms with van der Waals surface area (Å²) in [7, 11) is 0. The van der Waals surface area contributed by atoms with Crippen molar-refractivity contribution in [3.05, 3.63) is 41.5 Å². The number of halogens is 2. The summed E-state index contributed by atoms with van der Waals surface area (Å²) in [5, 5.41) is 10.6. The number of carboxylic acids is 1. The highest BCUT2D eigenvalue weighted by Crippen LogP contribution is 2.40.